The van der Waals surface area contributed by atoms with Gasteiger partial charge in [-0.25, -0.2) is 4.79 Å². The van der Waals surface area contributed by atoms with Gasteiger partial charge in [-0.1, -0.05) is 19.4 Å². The van der Waals surface area contributed by atoms with E-state index >= 15 is 0 Å². The fourth-order valence-electron chi connectivity index (χ4n) is 1.81. The molecule has 0 aliphatic rings. The fraction of sp³-hybridized carbons (Fsp3) is 0.692. The molecular formula is C13H23NO3. The van der Waals surface area contributed by atoms with Gasteiger partial charge in [-0.15, -0.1) is 6.58 Å². The minimum Gasteiger partial charge on any atom is -0.480 e. The van der Waals surface area contributed by atoms with Gasteiger partial charge < -0.3 is 10.4 Å². The maximum Gasteiger partial charge on any atom is 0.326 e. The number of carbonyl (C=O) groups excluding carboxylic acids is 1. The molecule has 2 N–H and O–H groups in total. The fourth-order valence-corrected chi connectivity index (χ4v) is 1.81. The zero-order valence-electron chi connectivity index (χ0n) is 10.7. The molecule has 2 unspecified atom stereocenters. The number of rotatable bonds is 9. The van der Waals surface area contributed by atoms with E-state index in [-0.39, 0.29) is 5.91 Å². The zero-order chi connectivity index (χ0) is 13.3. The summed E-state index contributed by atoms with van der Waals surface area (Å²) in [5, 5.41) is 11.4. The summed E-state index contributed by atoms with van der Waals surface area (Å²) in [5.41, 5.74) is 0. The monoisotopic (exact) mass is 241 g/mol. The van der Waals surface area contributed by atoms with Crippen LogP contribution in [0.1, 0.15) is 46.0 Å². The lowest BCUT2D eigenvalue weighted by molar-refractivity contribution is -0.141. The summed E-state index contributed by atoms with van der Waals surface area (Å²) in [7, 11) is 0. The van der Waals surface area contributed by atoms with Crippen molar-refractivity contribution in [1.82, 2.24) is 5.32 Å². The van der Waals surface area contributed by atoms with Crippen LogP contribution in [0.15, 0.2) is 12.7 Å². The molecule has 4 nitrogen and oxygen atoms in total. The number of carboxylic acids is 1. The number of allylic oxidation sites excluding steroid dienone is 1. The Balaban J connectivity index is 4.12. The first kappa shape index (κ1) is 15.7. The minimum absolute atomic E-state index is 0.295. The Morgan fingerprint density at radius 1 is 1.35 bits per heavy atom. The van der Waals surface area contributed by atoms with E-state index in [1.54, 1.807) is 0 Å². The van der Waals surface area contributed by atoms with Crippen molar-refractivity contribution in [2.75, 3.05) is 0 Å². The first-order valence-corrected chi connectivity index (χ1v) is 6.12. The second kappa shape index (κ2) is 8.79. The number of amides is 1. The Kier molecular flexibility index (Phi) is 8.11. The Morgan fingerprint density at radius 2 is 2.00 bits per heavy atom. The topological polar surface area (TPSA) is 66.4 Å². The zero-order valence-corrected chi connectivity index (χ0v) is 10.7. The molecule has 0 rings (SSSR count). The quantitative estimate of drug-likeness (QED) is 0.609. The van der Waals surface area contributed by atoms with Crippen molar-refractivity contribution in [2.24, 2.45) is 5.92 Å². The SMILES string of the molecule is C=CCCC(CC)CCC(NC(C)=O)C(=O)O. The molecule has 4 heteroatoms. The van der Waals surface area contributed by atoms with Crippen LogP contribution in [0.4, 0.5) is 0 Å². The highest BCUT2D eigenvalue weighted by atomic mass is 16.4. The number of hydrogen-bond acceptors (Lipinski definition) is 2. The van der Waals surface area contributed by atoms with Crippen molar-refractivity contribution in [3.05, 3.63) is 12.7 Å². The van der Waals surface area contributed by atoms with Gasteiger partial charge in [0.25, 0.3) is 0 Å². The van der Waals surface area contributed by atoms with Crippen molar-refractivity contribution in [3.8, 4) is 0 Å². The number of carbonyl (C=O) groups is 2. The number of hydrogen-bond donors (Lipinski definition) is 2. The third-order valence-corrected chi connectivity index (χ3v) is 2.90. The highest BCUT2D eigenvalue weighted by molar-refractivity contribution is 5.81. The van der Waals surface area contributed by atoms with Gasteiger partial charge >= 0.3 is 5.97 Å². The number of carboxylic acid groups (broad SMARTS) is 1. The van der Waals surface area contributed by atoms with Crippen LogP contribution in [0.3, 0.4) is 0 Å². The molecule has 17 heavy (non-hydrogen) atoms. The molecule has 0 radical (unpaired) electrons. The first-order valence-electron chi connectivity index (χ1n) is 6.12. The average molecular weight is 241 g/mol. The van der Waals surface area contributed by atoms with Gasteiger partial charge in [-0.2, -0.15) is 0 Å². The highest BCUT2D eigenvalue weighted by Gasteiger charge is 2.19. The summed E-state index contributed by atoms with van der Waals surface area (Å²) < 4.78 is 0. The molecule has 0 saturated heterocycles. The minimum atomic E-state index is -0.959. The second-order valence-electron chi connectivity index (χ2n) is 4.31. The van der Waals surface area contributed by atoms with E-state index in [1.807, 2.05) is 6.08 Å². The molecule has 0 heterocycles. The van der Waals surface area contributed by atoms with Crippen LogP contribution < -0.4 is 5.32 Å². The molecule has 1 amide bonds. The third-order valence-electron chi connectivity index (χ3n) is 2.90. The van der Waals surface area contributed by atoms with E-state index in [1.165, 1.54) is 6.92 Å². The van der Waals surface area contributed by atoms with Crippen LogP contribution in [-0.2, 0) is 9.59 Å². The predicted octanol–water partition coefficient (Wildman–Crippen LogP) is 2.35. The van der Waals surface area contributed by atoms with Crippen molar-refractivity contribution >= 4 is 11.9 Å². The maximum atomic E-state index is 10.9. The van der Waals surface area contributed by atoms with Crippen molar-refractivity contribution < 1.29 is 14.7 Å². The van der Waals surface area contributed by atoms with Crippen LogP contribution in [0.5, 0.6) is 0 Å². The molecule has 0 spiro atoms. The first-order chi connectivity index (χ1) is 8.01. The van der Waals surface area contributed by atoms with Gasteiger partial charge in [0.05, 0.1) is 0 Å². The Bertz CT molecular complexity index is 263. The van der Waals surface area contributed by atoms with Crippen LogP contribution in [0, 0.1) is 5.92 Å². The summed E-state index contributed by atoms with van der Waals surface area (Å²) in [6.45, 7) is 7.12. The van der Waals surface area contributed by atoms with Gasteiger partial charge in [0.1, 0.15) is 6.04 Å². The van der Waals surface area contributed by atoms with Crippen LogP contribution in [0.25, 0.3) is 0 Å². The average Bonchev–Trinajstić information content (AvgIpc) is 2.26. The molecule has 0 aromatic heterocycles. The lowest BCUT2D eigenvalue weighted by atomic mass is 9.93. The lowest BCUT2D eigenvalue weighted by Gasteiger charge is -2.18. The molecule has 0 aromatic carbocycles. The standard InChI is InChI=1S/C13H23NO3/c1-4-6-7-11(5-2)8-9-12(13(16)17)14-10(3)15/h4,11-12H,1,5-9H2,2-3H3,(H,14,15)(H,16,17). The molecule has 98 valence electrons. The normalized spacial score (nSPS) is 13.8. The molecule has 0 fully saturated rings. The van der Waals surface area contributed by atoms with Crippen molar-refractivity contribution in [1.29, 1.82) is 0 Å². The van der Waals surface area contributed by atoms with Gasteiger partial charge in [0, 0.05) is 6.92 Å². The summed E-state index contributed by atoms with van der Waals surface area (Å²) >= 11 is 0. The van der Waals surface area contributed by atoms with E-state index in [4.69, 9.17) is 5.11 Å². The molecule has 0 bridgehead atoms. The Labute approximate surface area is 103 Å². The van der Waals surface area contributed by atoms with E-state index in [0.717, 1.165) is 25.7 Å². The van der Waals surface area contributed by atoms with Gasteiger partial charge in [0.15, 0.2) is 0 Å². The van der Waals surface area contributed by atoms with E-state index < -0.39 is 12.0 Å². The largest absolute Gasteiger partial charge is 0.480 e. The van der Waals surface area contributed by atoms with Crippen LogP contribution >= 0.6 is 0 Å². The smallest absolute Gasteiger partial charge is 0.326 e. The van der Waals surface area contributed by atoms with Crippen LogP contribution in [-0.4, -0.2) is 23.0 Å². The molecule has 0 aliphatic carbocycles. The molecule has 0 aromatic rings. The summed E-state index contributed by atoms with van der Waals surface area (Å²) in [5.74, 6) is -0.751. The summed E-state index contributed by atoms with van der Waals surface area (Å²) in [4.78, 5) is 21.8. The molecule has 0 saturated carbocycles. The van der Waals surface area contributed by atoms with Crippen molar-refractivity contribution in [3.63, 3.8) is 0 Å². The summed E-state index contributed by atoms with van der Waals surface area (Å²) in [6, 6.07) is -0.759. The third kappa shape index (κ3) is 7.55. The number of aliphatic carboxylic acids is 1. The Morgan fingerprint density at radius 3 is 2.41 bits per heavy atom. The maximum absolute atomic E-state index is 10.9. The van der Waals surface area contributed by atoms with E-state index in [9.17, 15) is 9.59 Å². The van der Waals surface area contributed by atoms with Gasteiger partial charge in [-0.3, -0.25) is 4.79 Å². The summed E-state index contributed by atoms with van der Waals surface area (Å²) in [6.07, 6.45) is 6.21. The Hall–Kier alpha value is -1.32. The van der Waals surface area contributed by atoms with E-state index in [0.29, 0.717) is 12.3 Å². The highest BCUT2D eigenvalue weighted by Crippen LogP contribution is 2.18. The second-order valence-corrected chi connectivity index (χ2v) is 4.31. The van der Waals surface area contributed by atoms with Crippen molar-refractivity contribution in [2.45, 2.75) is 52.0 Å². The van der Waals surface area contributed by atoms with Crippen LogP contribution in [0.2, 0.25) is 0 Å². The molecular weight excluding hydrogens is 218 g/mol. The predicted molar refractivity (Wildman–Crippen MR) is 67.7 cm³/mol. The van der Waals surface area contributed by atoms with Gasteiger partial charge in [-0.05, 0) is 31.6 Å². The lowest BCUT2D eigenvalue weighted by Crippen LogP contribution is -2.39. The van der Waals surface area contributed by atoms with E-state index in [2.05, 4.69) is 18.8 Å². The molecule has 2 atom stereocenters. The van der Waals surface area contributed by atoms with Gasteiger partial charge in [0.2, 0.25) is 5.91 Å². The molecule has 0 aliphatic heterocycles. The number of nitrogens with one attached hydrogen (secondary N) is 1.